The number of nitrogens with one attached hydrogen (secondary N) is 3. The number of ether oxygens (including phenoxy) is 1. The lowest BCUT2D eigenvalue weighted by Gasteiger charge is -2.09. The first kappa shape index (κ1) is 15.1. The van der Waals surface area contributed by atoms with Crippen LogP contribution in [0.15, 0.2) is 42.1 Å². The van der Waals surface area contributed by atoms with Gasteiger partial charge in [-0.2, -0.15) is 0 Å². The molecule has 1 aliphatic rings. The van der Waals surface area contributed by atoms with Gasteiger partial charge in [-0.25, -0.2) is 0 Å². The lowest BCUT2D eigenvalue weighted by Crippen LogP contribution is -2.14. The molecule has 4 nitrogen and oxygen atoms in total. The summed E-state index contributed by atoms with van der Waals surface area (Å²) in [6, 6.07) is 13.0. The fourth-order valence-electron chi connectivity index (χ4n) is 3.60. The third-order valence-corrected chi connectivity index (χ3v) is 4.84. The number of para-hydroxylation sites is 1. The van der Waals surface area contributed by atoms with Gasteiger partial charge in [0.15, 0.2) is 0 Å². The van der Waals surface area contributed by atoms with Gasteiger partial charge in [-0.15, -0.1) is 0 Å². The number of hydrogen-bond acceptors (Lipinski definition) is 2. The van der Waals surface area contributed by atoms with Crippen LogP contribution in [0.3, 0.4) is 0 Å². The Morgan fingerprint density at radius 3 is 2.67 bits per heavy atom. The fraction of sp³-hybridized carbons (Fsp3) is 0.300. The van der Waals surface area contributed by atoms with Crippen LogP contribution < -0.4 is 5.32 Å². The molecule has 0 radical (unpaired) electrons. The zero-order valence-corrected chi connectivity index (χ0v) is 14.3. The Kier molecular flexibility index (Phi) is 3.69. The van der Waals surface area contributed by atoms with Gasteiger partial charge in [-0.3, -0.25) is 0 Å². The summed E-state index contributed by atoms with van der Waals surface area (Å²) >= 11 is 0. The number of aromatic nitrogens is 2. The molecule has 124 valence electrons. The van der Waals surface area contributed by atoms with Crippen molar-refractivity contribution in [3.63, 3.8) is 0 Å². The molecule has 24 heavy (non-hydrogen) atoms. The maximum Gasteiger partial charge on any atom is 0.0989 e. The van der Waals surface area contributed by atoms with Crippen LogP contribution in [0.1, 0.15) is 35.1 Å². The predicted molar refractivity (Wildman–Crippen MR) is 97.8 cm³/mol. The molecule has 4 heteroatoms. The lowest BCUT2D eigenvalue weighted by atomic mass is 10.1. The van der Waals surface area contributed by atoms with Crippen molar-refractivity contribution in [2.45, 2.75) is 32.4 Å². The van der Waals surface area contributed by atoms with Crippen molar-refractivity contribution in [2.75, 3.05) is 7.11 Å². The molecule has 3 aromatic rings. The molecule has 0 aliphatic carbocycles. The van der Waals surface area contributed by atoms with Crippen molar-refractivity contribution in [1.82, 2.24) is 15.3 Å². The number of aromatic amines is 2. The van der Waals surface area contributed by atoms with Crippen molar-refractivity contribution < 1.29 is 4.74 Å². The average Bonchev–Trinajstić information content (AvgIpc) is 3.24. The number of hydrogen-bond donors (Lipinski definition) is 3. The van der Waals surface area contributed by atoms with Gasteiger partial charge >= 0.3 is 0 Å². The van der Waals surface area contributed by atoms with Crippen molar-refractivity contribution in [3.8, 4) is 0 Å². The SMILES string of the molecule is COC1CC(c2cc3ccccc3[nH]2)N/C1=C\c1[nH]c(C)cc1C. The summed E-state index contributed by atoms with van der Waals surface area (Å²) < 4.78 is 5.71. The molecule has 3 N–H and O–H groups in total. The minimum atomic E-state index is 0.0874. The average molecular weight is 321 g/mol. The zero-order valence-electron chi connectivity index (χ0n) is 14.3. The van der Waals surface area contributed by atoms with Gasteiger partial charge < -0.3 is 20.0 Å². The van der Waals surface area contributed by atoms with Crippen molar-refractivity contribution >= 4 is 17.0 Å². The van der Waals surface area contributed by atoms with Crippen LogP contribution in [0.5, 0.6) is 0 Å². The Balaban J connectivity index is 1.64. The van der Waals surface area contributed by atoms with E-state index in [0.717, 1.165) is 17.8 Å². The van der Waals surface area contributed by atoms with E-state index in [1.165, 1.54) is 27.9 Å². The molecule has 1 fully saturated rings. The van der Waals surface area contributed by atoms with Gasteiger partial charge in [-0.05, 0) is 49.1 Å². The van der Waals surface area contributed by atoms with Crippen molar-refractivity contribution in [3.05, 3.63) is 64.7 Å². The highest BCUT2D eigenvalue weighted by atomic mass is 16.5. The van der Waals surface area contributed by atoms with E-state index >= 15 is 0 Å². The largest absolute Gasteiger partial charge is 0.378 e. The quantitative estimate of drug-likeness (QED) is 0.677. The number of H-pyrrole nitrogens is 2. The maximum atomic E-state index is 5.71. The lowest BCUT2D eigenvalue weighted by molar-refractivity contribution is 0.135. The number of rotatable bonds is 3. The Bertz CT molecular complexity index is 870. The Hall–Kier alpha value is -2.46. The highest BCUT2D eigenvalue weighted by Gasteiger charge is 2.30. The van der Waals surface area contributed by atoms with E-state index in [1.54, 1.807) is 7.11 Å². The molecule has 3 heterocycles. The first-order valence-corrected chi connectivity index (χ1v) is 8.39. The van der Waals surface area contributed by atoms with Gasteiger partial charge in [0.2, 0.25) is 0 Å². The number of benzene rings is 1. The monoisotopic (exact) mass is 321 g/mol. The third-order valence-electron chi connectivity index (χ3n) is 4.84. The Labute approximate surface area is 141 Å². The van der Waals surface area contributed by atoms with Crippen LogP contribution in [0.4, 0.5) is 0 Å². The van der Waals surface area contributed by atoms with Crippen LogP contribution in [0.2, 0.25) is 0 Å². The summed E-state index contributed by atoms with van der Waals surface area (Å²) in [5.41, 5.74) is 7.10. The normalized spacial score (nSPS) is 22.4. The Morgan fingerprint density at radius 2 is 1.96 bits per heavy atom. The van der Waals surface area contributed by atoms with Crippen LogP contribution in [0, 0.1) is 13.8 Å². The van der Waals surface area contributed by atoms with E-state index in [4.69, 9.17) is 4.74 Å². The summed E-state index contributed by atoms with van der Waals surface area (Å²) in [5, 5.41) is 4.89. The number of fused-ring (bicyclic) bond motifs is 1. The van der Waals surface area contributed by atoms with Gasteiger partial charge in [-0.1, -0.05) is 18.2 Å². The molecule has 0 spiro atoms. The zero-order chi connectivity index (χ0) is 16.7. The summed E-state index contributed by atoms with van der Waals surface area (Å²) in [7, 11) is 1.78. The van der Waals surface area contributed by atoms with E-state index < -0.39 is 0 Å². The smallest absolute Gasteiger partial charge is 0.0989 e. The molecule has 0 amide bonds. The first-order valence-electron chi connectivity index (χ1n) is 8.39. The molecular formula is C20H23N3O. The minimum Gasteiger partial charge on any atom is -0.378 e. The molecule has 0 bridgehead atoms. The van der Waals surface area contributed by atoms with Crippen LogP contribution in [-0.4, -0.2) is 23.2 Å². The Morgan fingerprint density at radius 1 is 1.12 bits per heavy atom. The van der Waals surface area contributed by atoms with E-state index in [2.05, 4.69) is 71.6 Å². The van der Waals surface area contributed by atoms with Crippen LogP contribution in [-0.2, 0) is 4.74 Å². The number of aryl methyl sites for hydroxylation is 2. The fourth-order valence-corrected chi connectivity index (χ4v) is 3.60. The van der Waals surface area contributed by atoms with E-state index in [0.29, 0.717) is 0 Å². The molecule has 4 rings (SSSR count). The van der Waals surface area contributed by atoms with Crippen molar-refractivity contribution in [2.24, 2.45) is 0 Å². The standard InChI is InChI=1S/C20H23N3O/c1-12-8-13(2)21-16(12)10-19-20(24-3)11-18(23-19)17-9-14-6-4-5-7-15(14)22-17/h4-10,18,20-23H,11H2,1-3H3/b19-10-. The van der Waals surface area contributed by atoms with E-state index in [-0.39, 0.29) is 12.1 Å². The molecule has 2 unspecified atom stereocenters. The summed E-state index contributed by atoms with van der Waals surface area (Å²) in [6.45, 7) is 4.21. The maximum absolute atomic E-state index is 5.71. The molecule has 1 aliphatic heterocycles. The van der Waals surface area contributed by atoms with Gasteiger partial charge in [0, 0.05) is 41.8 Å². The summed E-state index contributed by atoms with van der Waals surface area (Å²) in [6.07, 6.45) is 3.19. The molecule has 2 atom stereocenters. The topological polar surface area (TPSA) is 52.8 Å². The van der Waals surface area contributed by atoms with Crippen LogP contribution >= 0.6 is 0 Å². The van der Waals surface area contributed by atoms with Gasteiger partial charge in [0.1, 0.15) is 0 Å². The molecule has 0 saturated carbocycles. The highest BCUT2D eigenvalue weighted by Crippen LogP contribution is 2.33. The third kappa shape index (κ3) is 2.63. The van der Waals surface area contributed by atoms with E-state index in [1.807, 2.05) is 0 Å². The van der Waals surface area contributed by atoms with Gasteiger partial charge in [0.25, 0.3) is 0 Å². The molecule has 2 aromatic heterocycles. The van der Waals surface area contributed by atoms with Gasteiger partial charge in [0.05, 0.1) is 12.1 Å². The molecular weight excluding hydrogens is 298 g/mol. The summed E-state index contributed by atoms with van der Waals surface area (Å²) in [4.78, 5) is 6.94. The number of methoxy groups -OCH3 is 1. The molecule has 1 aromatic carbocycles. The second-order valence-electron chi connectivity index (χ2n) is 6.62. The summed E-state index contributed by atoms with van der Waals surface area (Å²) in [5.74, 6) is 0. The van der Waals surface area contributed by atoms with E-state index in [9.17, 15) is 0 Å². The van der Waals surface area contributed by atoms with Crippen LogP contribution in [0.25, 0.3) is 17.0 Å². The second kappa shape index (κ2) is 5.87. The highest BCUT2D eigenvalue weighted by molar-refractivity contribution is 5.80. The second-order valence-corrected chi connectivity index (χ2v) is 6.62. The first-order chi connectivity index (χ1) is 11.6. The predicted octanol–water partition coefficient (Wildman–Crippen LogP) is 4.20. The minimum absolute atomic E-state index is 0.0874. The molecule has 1 saturated heterocycles. The van der Waals surface area contributed by atoms with Crippen molar-refractivity contribution in [1.29, 1.82) is 0 Å².